The zero-order chi connectivity index (χ0) is 9.97. The van der Waals surface area contributed by atoms with E-state index in [0.29, 0.717) is 5.69 Å². The maximum Gasteiger partial charge on any atom is 0.169 e. The fraction of sp³-hybridized carbons (Fsp3) is 0. The molecule has 2 aromatic rings. The maximum absolute atomic E-state index is 10.4. The van der Waals surface area contributed by atoms with Gasteiger partial charge in [0.05, 0.1) is 0 Å². The van der Waals surface area contributed by atoms with Gasteiger partial charge in [0.2, 0.25) is 0 Å². The SMILES string of the molecule is Nc1ccc(-c2nc(C=O)cs2)cc1. The largest absolute Gasteiger partial charge is 0.399 e. The molecule has 0 spiro atoms. The zero-order valence-electron chi connectivity index (χ0n) is 7.31. The predicted octanol–water partition coefficient (Wildman–Crippen LogP) is 2.20. The van der Waals surface area contributed by atoms with Crippen LogP contribution >= 0.6 is 11.3 Å². The monoisotopic (exact) mass is 204 g/mol. The summed E-state index contributed by atoms with van der Waals surface area (Å²) in [7, 11) is 0. The number of nitrogen functional groups attached to an aromatic ring is 1. The van der Waals surface area contributed by atoms with Gasteiger partial charge in [0, 0.05) is 16.6 Å². The van der Waals surface area contributed by atoms with Crippen molar-refractivity contribution in [1.82, 2.24) is 4.98 Å². The summed E-state index contributed by atoms with van der Waals surface area (Å²) in [5, 5.41) is 2.57. The lowest BCUT2D eigenvalue weighted by atomic mass is 10.2. The Bertz CT molecular complexity index is 447. The smallest absolute Gasteiger partial charge is 0.169 e. The van der Waals surface area contributed by atoms with E-state index in [1.165, 1.54) is 11.3 Å². The van der Waals surface area contributed by atoms with E-state index in [-0.39, 0.29) is 0 Å². The number of hydrogen-bond donors (Lipinski definition) is 1. The molecule has 0 fully saturated rings. The predicted molar refractivity (Wildman–Crippen MR) is 57.3 cm³/mol. The highest BCUT2D eigenvalue weighted by atomic mass is 32.1. The molecule has 14 heavy (non-hydrogen) atoms. The lowest BCUT2D eigenvalue weighted by Crippen LogP contribution is -1.84. The average molecular weight is 204 g/mol. The van der Waals surface area contributed by atoms with Crippen LogP contribution in [0.5, 0.6) is 0 Å². The topological polar surface area (TPSA) is 56.0 Å². The summed E-state index contributed by atoms with van der Waals surface area (Å²) in [4.78, 5) is 14.6. The Morgan fingerprint density at radius 1 is 1.29 bits per heavy atom. The van der Waals surface area contributed by atoms with E-state index in [1.807, 2.05) is 24.3 Å². The zero-order valence-corrected chi connectivity index (χ0v) is 8.12. The third kappa shape index (κ3) is 1.65. The first kappa shape index (κ1) is 8.90. The fourth-order valence-electron chi connectivity index (χ4n) is 1.10. The van der Waals surface area contributed by atoms with Crippen molar-refractivity contribution in [2.45, 2.75) is 0 Å². The number of aromatic nitrogens is 1. The summed E-state index contributed by atoms with van der Waals surface area (Å²) in [6, 6.07) is 7.42. The number of anilines is 1. The molecule has 2 rings (SSSR count). The van der Waals surface area contributed by atoms with Crippen molar-refractivity contribution in [3.8, 4) is 10.6 Å². The summed E-state index contributed by atoms with van der Waals surface area (Å²) in [5.74, 6) is 0. The summed E-state index contributed by atoms with van der Waals surface area (Å²) in [6.07, 6.45) is 0.747. The van der Waals surface area contributed by atoms with Gasteiger partial charge in [0.15, 0.2) is 6.29 Å². The minimum Gasteiger partial charge on any atom is -0.399 e. The van der Waals surface area contributed by atoms with Gasteiger partial charge in [-0.1, -0.05) is 0 Å². The molecule has 0 saturated heterocycles. The van der Waals surface area contributed by atoms with Gasteiger partial charge >= 0.3 is 0 Å². The van der Waals surface area contributed by atoms with Gasteiger partial charge < -0.3 is 5.73 Å². The van der Waals surface area contributed by atoms with Gasteiger partial charge in [-0.15, -0.1) is 11.3 Å². The van der Waals surface area contributed by atoms with Gasteiger partial charge in [0.1, 0.15) is 10.7 Å². The Morgan fingerprint density at radius 2 is 2.00 bits per heavy atom. The Balaban J connectivity index is 2.39. The number of hydrogen-bond acceptors (Lipinski definition) is 4. The molecule has 2 N–H and O–H groups in total. The third-order valence-corrected chi connectivity index (χ3v) is 2.71. The summed E-state index contributed by atoms with van der Waals surface area (Å²) in [6.45, 7) is 0. The first-order chi connectivity index (χ1) is 6.79. The highest BCUT2D eigenvalue weighted by Gasteiger charge is 2.02. The molecule has 0 amide bonds. The van der Waals surface area contributed by atoms with Crippen LogP contribution in [0.1, 0.15) is 10.5 Å². The molecule has 0 bridgehead atoms. The molecular formula is C10H8N2OS. The molecule has 0 aliphatic rings. The van der Waals surface area contributed by atoms with Crippen molar-refractivity contribution in [1.29, 1.82) is 0 Å². The highest BCUT2D eigenvalue weighted by molar-refractivity contribution is 7.13. The van der Waals surface area contributed by atoms with Crippen LogP contribution < -0.4 is 5.73 Å². The molecule has 1 aromatic carbocycles. The van der Waals surface area contributed by atoms with Crippen LogP contribution in [0.15, 0.2) is 29.6 Å². The Kier molecular flexibility index (Phi) is 2.28. The molecule has 0 radical (unpaired) electrons. The minimum absolute atomic E-state index is 0.474. The Hall–Kier alpha value is -1.68. The summed E-state index contributed by atoms with van der Waals surface area (Å²) < 4.78 is 0. The van der Waals surface area contributed by atoms with E-state index in [0.717, 1.165) is 22.5 Å². The van der Waals surface area contributed by atoms with E-state index in [2.05, 4.69) is 4.98 Å². The molecule has 0 saturated carbocycles. The normalized spacial score (nSPS) is 10.0. The number of thiazole rings is 1. The van der Waals surface area contributed by atoms with E-state index in [9.17, 15) is 4.79 Å². The first-order valence-electron chi connectivity index (χ1n) is 4.06. The molecule has 1 aromatic heterocycles. The van der Waals surface area contributed by atoms with Crippen LogP contribution in [0.3, 0.4) is 0 Å². The molecule has 0 aliphatic heterocycles. The summed E-state index contributed by atoms with van der Waals surface area (Å²) >= 11 is 1.45. The average Bonchev–Trinajstić information content (AvgIpc) is 2.67. The van der Waals surface area contributed by atoms with Crippen LogP contribution in [0.4, 0.5) is 5.69 Å². The molecule has 0 unspecified atom stereocenters. The van der Waals surface area contributed by atoms with Crippen molar-refractivity contribution < 1.29 is 4.79 Å². The quantitative estimate of drug-likeness (QED) is 0.602. The third-order valence-electron chi connectivity index (χ3n) is 1.80. The van der Waals surface area contributed by atoms with Crippen molar-refractivity contribution in [2.24, 2.45) is 0 Å². The maximum atomic E-state index is 10.4. The number of nitrogens with two attached hydrogens (primary N) is 1. The van der Waals surface area contributed by atoms with E-state index in [1.54, 1.807) is 5.38 Å². The molecular weight excluding hydrogens is 196 g/mol. The van der Waals surface area contributed by atoms with Gasteiger partial charge in [-0.2, -0.15) is 0 Å². The van der Waals surface area contributed by atoms with E-state index >= 15 is 0 Å². The number of aldehydes is 1. The fourth-order valence-corrected chi connectivity index (χ4v) is 1.87. The van der Waals surface area contributed by atoms with Crippen LogP contribution in [0, 0.1) is 0 Å². The van der Waals surface area contributed by atoms with Crippen molar-refractivity contribution in [3.05, 3.63) is 35.3 Å². The minimum atomic E-state index is 0.474. The highest BCUT2D eigenvalue weighted by Crippen LogP contribution is 2.23. The van der Waals surface area contributed by atoms with Gasteiger partial charge in [-0.25, -0.2) is 4.98 Å². The van der Waals surface area contributed by atoms with E-state index in [4.69, 9.17) is 5.73 Å². The van der Waals surface area contributed by atoms with Crippen LogP contribution in [0.25, 0.3) is 10.6 Å². The Morgan fingerprint density at radius 3 is 2.57 bits per heavy atom. The number of nitrogens with zero attached hydrogens (tertiary/aromatic N) is 1. The molecule has 4 heteroatoms. The standard InChI is InChI=1S/C10H8N2OS/c11-8-3-1-7(2-4-8)10-12-9(5-13)6-14-10/h1-6H,11H2. The second-order valence-electron chi connectivity index (χ2n) is 2.82. The van der Waals surface area contributed by atoms with Gasteiger partial charge in [0.25, 0.3) is 0 Å². The molecule has 3 nitrogen and oxygen atoms in total. The molecule has 0 atom stereocenters. The van der Waals surface area contributed by atoms with E-state index < -0.39 is 0 Å². The van der Waals surface area contributed by atoms with Crippen LogP contribution in [-0.2, 0) is 0 Å². The van der Waals surface area contributed by atoms with Crippen molar-refractivity contribution >= 4 is 23.3 Å². The van der Waals surface area contributed by atoms with Gasteiger partial charge in [-0.3, -0.25) is 4.79 Å². The Labute approximate surface area is 85.2 Å². The number of carbonyl (C=O) groups excluding carboxylic acids is 1. The molecule has 70 valence electrons. The first-order valence-corrected chi connectivity index (χ1v) is 4.94. The summed E-state index contributed by atoms with van der Waals surface area (Å²) in [5.41, 5.74) is 7.74. The van der Waals surface area contributed by atoms with Gasteiger partial charge in [-0.05, 0) is 24.3 Å². The van der Waals surface area contributed by atoms with Crippen LogP contribution in [-0.4, -0.2) is 11.3 Å². The second kappa shape index (κ2) is 3.59. The lowest BCUT2D eigenvalue weighted by molar-refractivity contribution is 0.111. The molecule has 1 heterocycles. The molecule has 0 aliphatic carbocycles. The number of benzene rings is 1. The number of carbonyl (C=O) groups is 1. The van der Waals surface area contributed by atoms with Crippen LogP contribution in [0.2, 0.25) is 0 Å². The lowest BCUT2D eigenvalue weighted by Gasteiger charge is -1.95. The number of rotatable bonds is 2. The van der Waals surface area contributed by atoms with Crippen molar-refractivity contribution in [2.75, 3.05) is 5.73 Å². The second-order valence-corrected chi connectivity index (χ2v) is 3.68. The van der Waals surface area contributed by atoms with Crippen molar-refractivity contribution in [3.63, 3.8) is 0 Å².